The van der Waals surface area contributed by atoms with Gasteiger partial charge in [0.2, 0.25) is 17.7 Å². The number of methoxy groups -OCH3 is 1. The van der Waals surface area contributed by atoms with Crippen molar-refractivity contribution < 1.29 is 27.9 Å². The number of nitrogens with zero attached hydrogens (tertiary/aromatic N) is 1. The number of nitrogens with one attached hydrogen (secondary N) is 2. The Morgan fingerprint density at radius 2 is 1.81 bits per heavy atom. The second-order valence-electron chi connectivity index (χ2n) is 10.2. The number of halogens is 2. The van der Waals surface area contributed by atoms with E-state index in [2.05, 4.69) is 10.6 Å². The van der Waals surface area contributed by atoms with Crippen molar-refractivity contribution in [3.05, 3.63) is 70.8 Å². The topological polar surface area (TPSA) is 87.7 Å². The van der Waals surface area contributed by atoms with Crippen LogP contribution in [0.4, 0.5) is 8.78 Å². The van der Waals surface area contributed by atoms with Crippen molar-refractivity contribution in [3.63, 3.8) is 0 Å². The maximum Gasteiger partial charge on any atom is 0.247 e. The summed E-state index contributed by atoms with van der Waals surface area (Å²) in [6.45, 7) is 4.14. The third kappa shape index (κ3) is 5.66. The average molecular weight is 514 g/mol. The summed E-state index contributed by atoms with van der Waals surface area (Å²) in [5, 5.41) is 5.59. The molecule has 0 bridgehead atoms. The Balaban J connectivity index is 1.75. The first-order valence-corrected chi connectivity index (χ1v) is 12.6. The van der Waals surface area contributed by atoms with Crippen LogP contribution in [0.5, 0.6) is 0 Å². The van der Waals surface area contributed by atoms with Gasteiger partial charge >= 0.3 is 0 Å². The normalized spacial score (nSPS) is 20.6. The van der Waals surface area contributed by atoms with Crippen LogP contribution in [-0.2, 0) is 32.0 Å². The van der Waals surface area contributed by atoms with Crippen LogP contribution in [0.1, 0.15) is 43.0 Å². The number of hydrogen-bond donors (Lipinski definition) is 2. The van der Waals surface area contributed by atoms with Gasteiger partial charge in [-0.25, -0.2) is 8.78 Å². The lowest BCUT2D eigenvalue weighted by Gasteiger charge is -2.44. The Labute approximate surface area is 215 Å². The summed E-state index contributed by atoms with van der Waals surface area (Å²) in [6, 6.07) is 7.45. The number of hydrogen-bond acceptors (Lipinski definition) is 4. The third-order valence-corrected chi connectivity index (χ3v) is 7.09. The molecule has 1 fully saturated rings. The minimum atomic E-state index is -1.45. The molecule has 2 aromatic rings. The minimum Gasteiger partial charge on any atom is -0.383 e. The fourth-order valence-electron chi connectivity index (χ4n) is 5.39. The number of fused-ring (bicyclic) bond motifs is 1. The molecule has 0 aromatic heterocycles. The van der Waals surface area contributed by atoms with Crippen molar-refractivity contribution >= 4 is 17.7 Å². The lowest BCUT2D eigenvalue weighted by atomic mass is 9.88. The van der Waals surface area contributed by atoms with Crippen LogP contribution in [0.3, 0.4) is 0 Å². The van der Waals surface area contributed by atoms with Crippen molar-refractivity contribution in [3.8, 4) is 0 Å². The van der Waals surface area contributed by atoms with Crippen molar-refractivity contribution in [1.82, 2.24) is 15.5 Å². The van der Waals surface area contributed by atoms with Gasteiger partial charge in [0.1, 0.15) is 29.8 Å². The van der Waals surface area contributed by atoms with Gasteiger partial charge < -0.3 is 20.3 Å². The maximum atomic E-state index is 15.1. The molecule has 4 rings (SSSR count). The number of amides is 3. The molecule has 2 N–H and O–H groups in total. The van der Waals surface area contributed by atoms with Gasteiger partial charge in [0.05, 0.1) is 6.61 Å². The molecule has 0 spiro atoms. The highest BCUT2D eigenvalue weighted by Crippen LogP contribution is 2.36. The van der Waals surface area contributed by atoms with E-state index in [1.807, 2.05) is 38.1 Å². The zero-order chi connectivity index (χ0) is 26.7. The van der Waals surface area contributed by atoms with Gasteiger partial charge in [-0.2, -0.15) is 0 Å². The summed E-state index contributed by atoms with van der Waals surface area (Å²) in [5.41, 5.74) is 2.06. The number of carbonyl (C=O) groups excluding carboxylic acids is 3. The number of benzene rings is 2. The molecule has 1 heterocycles. The molecule has 7 nitrogen and oxygen atoms in total. The van der Waals surface area contributed by atoms with E-state index < -0.39 is 41.6 Å². The highest BCUT2D eigenvalue weighted by Gasteiger charge is 2.49. The highest BCUT2D eigenvalue weighted by molar-refractivity contribution is 6.00. The third-order valence-electron chi connectivity index (χ3n) is 7.09. The van der Waals surface area contributed by atoms with Crippen LogP contribution in [0.2, 0.25) is 0 Å². The summed E-state index contributed by atoms with van der Waals surface area (Å²) < 4.78 is 33.9. The molecule has 9 heteroatoms. The van der Waals surface area contributed by atoms with E-state index in [0.29, 0.717) is 18.9 Å². The Morgan fingerprint density at radius 1 is 1.14 bits per heavy atom. The maximum absolute atomic E-state index is 15.1. The van der Waals surface area contributed by atoms with Crippen LogP contribution in [-0.4, -0.2) is 55.0 Å². The molecule has 1 saturated heterocycles. The number of ether oxygens (including phenoxy) is 1. The monoisotopic (exact) mass is 513 g/mol. The fourth-order valence-corrected chi connectivity index (χ4v) is 5.39. The van der Waals surface area contributed by atoms with E-state index in [9.17, 15) is 18.8 Å². The Hall–Kier alpha value is -3.33. The first-order chi connectivity index (χ1) is 17.7. The van der Waals surface area contributed by atoms with Gasteiger partial charge in [-0.1, -0.05) is 44.2 Å². The smallest absolute Gasteiger partial charge is 0.247 e. The van der Waals surface area contributed by atoms with Gasteiger partial charge in [-0.15, -0.1) is 0 Å². The standard InChI is InChI=1S/C28H33F2N3O4/c1-16(2)12-23-26(34)32-24(19-13-17-6-4-5-7-18(17)14-19)28(36)33(23)25(27(35)31-10-11-37-3)21-9-8-20(29)15-22(21)30/h4-9,15-16,19,23-25H,10-14H2,1-3H3,(H,31,35)(H,32,34). The van der Waals surface area contributed by atoms with Crippen LogP contribution in [0, 0.1) is 23.5 Å². The summed E-state index contributed by atoms with van der Waals surface area (Å²) in [4.78, 5) is 42.3. The lowest BCUT2D eigenvalue weighted by Crippen LogP contribution is -2.67. The van der Waals surface area contributed by atoms with E-state index in [1.165, 1.54) is 12.0 Å². The zero-order valence-corrected chi connectivity index (χ0v) is 21.3. The molecular formula is C28H33F2N3O4. The van der Waals surface area contributed by atoms with E-state index >= 15 is 4.39 Å². The van der Waals surface area contributed by atoms with Gasteiger partial charge in [-0.3, -0.25) is 14.4 Å². The van der Waals surface area contributed by atoms with Crippen LogP contribution in [0.25, 0.3) is 0 Å². The van der Waals surface area contributed by atoms with Gasteiger partial charge in [0.15, 0.2) is 0 Å². The van der Waals surface area contributed by atoms with E-state index in [4.69, 9.17) is 4.74 Å². The Kier molecular flexibility index (Phi) is 8.22. The molecule has 37 heavy (non-hydrogen) atoms. The van der Waals surface area contributed by atoms with E-state index in [1.54, 1.807) is 0 Å². The molecule has 198 valence electrons. The summed E-state index contributed by atoms with van der Waals surface area (Å²) in [6.07, 6.45) is 1.48. The van der Waals surface area contributed by atoms with Gasteiger partial charge in [0.25, 0.3) is 0 Å². The Bertz CT molecular complexity index is 1150. The van der Waals surface area contributed by atoms with Gasteiger partial charge in [-0.05, 0) is 48.3 Å². The highest BCUT2D eigenvalue weighted by atomic mass is 19.1. The first-order valence-electron chi connectivity index (χ1n) is 12.6. The molecular weight excluding hydrogens is 480 g/mol. The van der Waals surface area contributed by atoms with E-state index in [0.717, 1.165) is 23.3 Å². The molecule has 0 radical (unpaired) electrons. The summed E-state index contributed by atoms with van der Waals surface area (Å²) in [7, 11) is 1.48. The molecule has 2 aliphatic rings. The molecule has 1 aliphatic heterocycles. The van der Waals surface area contributed by atoms with Crippen LogP contribution < -0.4 is 10.6 Å². The predicted octanol–water partition coefficient (Wildman–Crippen LogP) is 2.93. The van der Waals surface area contributed by atoms with E-state index in [-0.39, 0.29) is 42.9 Å². The first kappa shape index (κ1) is 26.7. The molecule has 3 unspecified atom stereocenters. The lowest BCUT2D eigenvalue weighted by molar-refractivity contribution is -0.158. The van der Waals surface area contributed by atoms with Crippen molar-refractivity contribution in [2.45, 2.75) is 51.2 Å². The van der Waals surface area contributed by atoms with Gasteiger partial charge in [0, 0.05) is 25.3 Å². The molecule has 3 amide bonds. The van der Waals surface area contributed by atoms with Crippen molar-refractivity contribution in [1.29, 1.82) is 0 Å². The molecule has 3 atom stereocenters. The van der Waals surface area contributed by atoms with Crippen LogP contribution >= 0.6 is 0 Å². The summed E-state index contributed by atoms with van der Waals surface area (Å²) in [5.74, 6) is -3.44. The molecule has 0 saturated carbocycles. The van der Waals surface area contributed by atoms with Crippen molar-refractivity contribution in [2.24, 2.45) is 11.8 Å². The molecule has 1 aliphatic carbocycles. The fraction of sp³-hybridized carbons (Fsp3) is 0.464. The summed E-state index contributed by atoms with van der Waals surface area (Å²) >= 11 is 0. The second-order valence-corrected chi connectivity index (χ2v) is 10.2. The number of piperazine rings is 1. The SMILES string of the molecule is COCCNC(=O)C(c1ccc(F)cc1F)N1C(=O)C(C2Cc3ccccc3C2)NC(=O)C1CC(C)C. The molecule has 2 aromatic carbocycles. The average Bonchev–Trinajstić information content (AvgIpc) is 3.28. The zero-order valence-electron chi connectivity index (χ0n) is 21.3. The van der Waals surface area contributed by atoms with Crippen molar-refractivity contribution in [2.75, 3.05) is 20.3 Å². The largest absolute Gasteiger partial charge is 0.383 e. The quantitative estimate of drug-likeness (QED) is 0.505. The number of rotatable bonds is 9. The predicted molar refractivity (Wildman–Crippen MR) is 133 cm³/mol. The Morgan fingerprint density at radius 3 is 2.41 bits per heavy atom. The second kappa shape index (κ2) is 11.4. The number of carbonyl (C=O) groups is 3. The minimum absolute atomic E-state index is 0.00797. The van der Waals surface area contributed by atoms with Crippen LogP contribution in [0.15, 0.2) is 42.5 Å².